The van der Waals surface area contributed by atoms with Gasteiger partial charge in [0.25, 0.3) is 0 Å². The van der Waals surface area contributed by atoms with E-state index in [1.807, 2.05) is 6.92 Å². The summed E-state index contributed by atoms with van der Waals surface area (Å²) in [6.07, 6.45) is 1.80. The van der Waals surface area contributed by atoms with Crippen molar-refractivity contribution in [1.82, 2.24) is 4.98 Å². The second kappa shape index (κ2) is 6.61. The molecule has 106 valence electrons. The van der Waals surface area contributed by atoms with Crippen LogP contribution in [0.1, 0.15) is 45.2 Å². The van der Waals surface area contributed by atoms with E-state index in [1.165, 1.54) is 12.1 Å². The van der Waals surface area contributed by atoms with Crippen molar-refractivity contribution < 1.29 is 19.0 Å². The van der Waals surface area contributed by atoms with Crippen LogP contribution < -0.4 is 0 Å². The van der Waals surface area contributed by atoms with E-state index >= 15 is 0 Å². The number of carbonyl (C=O) groups excluding carboxylic acids is 1. The van der Waals surface area contributed by atoms with Crippen molar-refractivity contribution in [3.8, 4) is 0 Å². The lowest BCUT2D eigenvalue weighted by Gasteiger charge is -2.32. The standard InChI is InChI=1S/C14H20FNO3/c1-4-11(12-8-7-10(15)9-16-12)14(18,5-2)13(17)19-6-3/h7-9,11,18H,4-6H2,1-3H3. The summed E-state index contributed by atoms with van der Waals surface area (Å²) in [5.41, 5.74) is -1.14. The van der Waals surface area contributed by atoms with Gasteiger partial charge < -0.3 is 9.84 Å². The molecule has 1 rings (SSSR count). The fourth-order valence-corrected chi connectivity index (χ4v) is 2.17. The Morgan fingerprint density at radius 2 is 2.16 bits per heavy atom. The number of ether oxygens (including phenoxy) is 1. The zero-order valence-corrected chi connectivity index (χ0v) is 11.5. The lowest BCUT2D eigenvalue weighted by molar-refractivity contribution is -0.168. The largest absolute Gasteiger partial charge is 0.464 e. The van der Waals surface area contributed by atoms with Gasteiger partial charge in [0.1, 0.15) is 5.82 Å². The molecule has 0 aliphatic rings. The van der Waals surface area contributed by atoms with Crippen molar-refractivity contribution in [3.63, 3.8) is 0 Å². The molecule has 0 fully saturated rings. The van der Waals surface area contributed by atoms with Gasteiger partial charge in [-0.1, -0.05) is 13.8 Å². The number of aromatic nitrogens is 1. The predicted molar refractivity (Wildman–Crippen MR) is 69.1 cm³/mol. The van der Waals surface area contributed by atoms with Crippen molar-refractivity contribution in [1.29, 1.82) is 0 Å². The number of hydrogen-bond donors (Lipinski definition) is 1. The molecule has 19 heavy (non-hydrogen) atoms. The van der Waals surface area contributed by atoms with Crippen LogP contribution in [0.25, 0.3) is 0 Å². The monoisotopic (exact) mass is 269 g/mol. The molecule has 0 bridgehead atoms. The first-order valence-corrected chi connectivity index (χ1v) is 6.50. The van der Waals surface area contributed by atoms with Crippen LogP contribution in [0.4, 0.5) is 4.39 Å². The van der Waals surface area contributed by atoms with E-state index in [0.29, 0.717) is 12.1 Å². The van der Waals surface area contributed by atoms with Gasteiger partial charge in [0, 0.05) is 11.6 Å². The summed E-state index contributed by atoms with van der Waals surface area (Å²) in [4.78, 5) is 15.9. The van der Waals surface area contributed by atoms with Crippen LogP contribution in [0.2, 0.25) is 0 Å². The van der Waals surface area contributed by atoms with Crippen molar-refractivity contribution >= 4 is 5.97 Å². The fraction of sp³-hybridized carbons (Fsp3) is 0.571. The summed E-state index contributed by atoms with van der Waals surface area (Å²) in [5.74, 6) is -1.62. The molecule has 1 N–H and O–H groups in total. The van der Waals surface area contributed by atoms with Crippen LogP contribution in [0.15, 0.2) is 18.3 Å². The topological polar surface area (TPSA) is 59.4 Å². The normalized spacial score (nSPS) is 15.6. The Bertz CT molecular complexity index is 421. The summed E-state index contributed by atoms with van der Waals surface area (Å²) in [7, 11) is 0. The van der Waals surface area contributed by atoms with Gasteiger partial charge in [-0.05, 0) is 31.9 Å². The number of aliphatic hydroxyl groups is 1. The van der Waals surface area contributed by atoms with Crippen LogP contribution in [0.5, 0.6) is 0 Å². The SMILES string of the molecule is CCOC(=O)C(O)(CC)C(CC)c1ccc(F)cn1. The van der Waals surface area contributed by atoms with Crippen LogP contribution in [-0.4, -0.2) is 28.3 Å². The second-order valence-corrected chi connectivity index (χ2v) is 4.36. The number of esters is 1. The Morgan fingerprint density at radius 1 is 1.47 bits per heavy atom. The highest BCUT2D eigenvalue weighted by Crippen LogP contribution is 2.34. The molecule has 0 saturated carbocycles. The molecule has 5 heteroatoms. The summed E-state index contributed by atoms with van der Waals surface area (Å²) in [5, 5.41) is 10.6. The van der Waals surface area contributed by atoms with E-state index in [2.05, 4.69) is 4.98 Å². The van der Waals surface area contributed by atoms with Gasteiger partial charge in [-0.15, -0.1) is 0 Å². The highest BCUT2D eigenvalue weighted by atomic mass is 19.1. The van der Waals surface area contributed by atoms with Gasteiger partial charge in [-0.25, -0.2) is 9.18 Å². The van der Waals surface area contributed by atoms with Crippen molar-refractivity contribution in [2.24, 2.45) is 0 Å². The molecule has 0 spiro atoms. The average molecular weight is 269 g/mol. The molecule has 2 unspecified atom stereocenters. The van der Waals surface area contributed by atoms with Crippen molar-refractivity contribution in [2.45, 2.75) is 45.1 Å². The first kappa shape index (κ1) is 15.6. The third-order valence-electron chi connectivity index (χ3n) is 3.26. The van der Waals surface area contributed by atoms with Crippen LogP contribution in [-0.2, 0) is 9.53 Å². The molecular weight excluding hydrogens is 249 g/mol. The summed E-state index contributed by atoms with van der Waals surface area (Å²) in [6, 6.07) is 2.76. The van der Waals surface area contributed by atoms with Gasteiger partial charge in [0.2, 0.25) is 0 Å². The van der Waals surface area contributed by atoms with Gasteiger partial charge in [-0.3, -0.25) is 4.98 Å². The number of rotatable bonds is 6. The van der Waals surface area contributed by atoms with E-state index in [9.17, 15) is 14.3 Å². The van der Waals surface area contributed by atoms with Gasteiger partial charge in [-0.2, -0.15) is 0 Å². The van der Waals surface area contributed by atoms with E-state index in [1.54, 1.807) is 13.8 Å². The predicted octanol–water partition coefficient (Wildman–Crippen LogP) is 2.42. The Kier molecular flexibility index (Phi) is 5.42. The highest BCUT2D eigenvalue weighted by molar-refractivity contribution is 5.80. The first-order chi connectivity index (χ1) is 8.99. The molecule has 4 nitrogen and oxygen atoms in total. The molecule has 0 saturated heterocycles. The minimum absolute atomic E-state index is 0.203. The number of hydrogen-bond acceptors (Lipinski definition) is 4. The third-order valence-corrected chi connectivity index (χ3v) is 3.26. The van der Waals surface area contributed by atoms with Gasteiger partial charge >= 0.3 is 5.97 Å². The quantitative estimate of drug-likeness (QED) is 0.806. The van der Waals surface area contributed by atoms with E-state index in [4.69, 9.17) is 4.74 Å². The molecule has 1 aromatic heterocycles. The Balaban J connectivity index is 3.11. The summed E-state index contributed by atoms with van der Waals surface area (Å²) in [6.45, 7) is 5.44. The zero-order valence-electron chi connectivity index (χ0n) is 11.5. The number of pyridine rings is 1. The molecule has 0 amide bonds. The number of halogens is 1. The first-order valence-electron chi connectivity index (χ1n) is 6.50. The molecule has 0 radical (unpaired) electrons. The Hall–Kier alpha value is -1.49. The maximum Gasteiger partial charge on any atom is 0.338 e. The van der Waals surface area contributed by atoms with Gasteiger partial charge in [0.15, 0.2) is 5.60 Å². The Labute approximate surface area is 112 Å². The third kappa shape index (κ3) is 3.29. The molecule has 1 aromatic rings. The molecular formula is C14H20FNO3. The maximum atomic E-state index is 12.9. The smallest absolute Gasteiger partial charge is 0.338 e. The number of nitrogens with zero attached hydrogens (tertiary/aromatic N) is 1. The van der Waals surface area contributed by atoms with Gasteiger partial charge in [0.05, 0.1) is 12.8 Å². The summed E-state index contributed by atoms with van der Waals surface area (Å²) < 4.78 is 17.8. The lowest BCUT2D eigenvalue weighted by atomic mass is 9.80. The van der Waals surface area contributed by atoms with Crippen molar-refractivity contribution in [3.05, 3.63) is 29.8 Å². The minimum Gasteiger partial charge on any atom is -0.464 e. The van der Waals surface area contributed by atoms with E-state index < -0.39 is 23.3 Å². The van der Waals surface area contributed by atoms with Crippen LogP contribution in [0, 0.1) is 5.82 Å². The molecule has 0 aliphatic heterocycles. The zero-order chi connectivity index (χ0) is 14.5. The molecule has 1 heterocycles. The van der Waals surface area contributed by atoms with Crippen LogP contribution in [0.3, 0.4) is 0 Å². The Morgan fingerprint density at radius 3 is 2.58 bits per heavy atom. The summed E-state index contributed by atoms with van der Waals surface area (Å²) >= 11 is 0. The minimum atomic E-state index is -1.63. The average Bonchev–Trinajstić information content (AvgIpc) is 2.41. The number of carbonyl (C=O) groups is 1. The van der Waals surface area contributed by atoms with E-state index in [0.717, 1.165) is 6.20 Å². The second-order valence-electron chi connectivity index (χ2n) is 4.36. The highest BCUT2D eigenvalue weighted by Gasteiger charge is 2.44. The molecule has 2 atom stereocenters. The lowest BCUT2D eigenvalue weighted by Crippen LogP contribution is -2.45. The van der Waals surface area contributed by atoms with E-state index in [-0.39, 0.29) is 13.0 Å². The fourth-order valence-electron chi connectivity index (χ4n) is 2.17. The van der Waals surface area contributed by atoms with Crippen molar-refractivity contribution in [2.75, 3.05) is 6.61 Å². The molecule has 0 aromatic carbocycles. The maximum absolute atomic E-state index is 12.9. The molecule has 0 aliphatic carbocycles. The van der Waals surface area contributed by atoms with Crippen LogP contribution >= 0.6 is 0 Å².